The summed E-state index contributed by atoms with van der Waals surface area (Å²) in [6, 6.07) is 9.29. The number of phenolic OH excluding ortho intramolecular Hbond substituents is 2. The number of aromatic hydroxyl groups is 2. The van der Waals surface area contributed by atoms with E-state index in [-0.39, 0.29) is 64.2 Å². The molecule has 5 N–H and O–H groups in total. The zero-order chi connectivity index (χ0) is 28.2. The van der Waals surface area contributed by atoms with E-state index in [1.54, 1.807) is 13.0 Å². The first kappa shape index (κ1) is 25.8. The number of allylic oxidation sites excluding steroid dienone is 4. The molecule has 1 aliphatic heterocycles. The third-order valence-corrected chi connectivity index (χ3v) is 7.34. The topological polar surface area (TPSA) is 158 Å². The maximum Gasteiger partial charge on any atom is 0.267 e. The molecule has 1 amide bonds. The van der Waals surface area contributed by atoms with Crippen LogP contribution in [0.3, 0.4) is 0 Å². The van der Waals surface area contributed by atoms with Crippen molar-refractivity contribution in [1.82, 2.24) is 15.6 Å². The average molecular weight is 530 g/mol. The van der Waals surface area contributed by atoms with E-state index in [0.29, 0.717) is 5.69 Å². The predicted octanol–water partition coefficient (Wildman–Crippen LogP) is 3.07. The molecule has 0 radical (unpaired) electrons. The Balaban J connectivity index is 1.37. The van der Waals surface area contributed by atoms with Gasteiger partial charge >= 0.3 is 0 Å². The molecule has 5 rings (SSSR count). The first-order valence-corrected chi connectivity index (χ1v) is 12.4. The van der Waals surface area contributed by atoms with Gasteiger partial charge < -0.3 is 30.6 Å². The van der Waals surface area contributed by atoms with Crippen LogP contribution in [0, 0.1) is 6.92 Å². The van der Waals surface area contributed by atoms with E-state index in [1.165, 1.54) is 20.8 Å². The minimum atomic E-state index is -1.59. The molecule has 10 nitrogen and oxygen atoms in total. The second-order valence-corrected chi connectivity index (χ2v) is 9.84. The molecule has 0 unspecified atom stereocenters. The molecule has 0 spiro atoms. The number of carbonyl (C=O) groups is 4. The summed E-state index contributed by atoms with van der Waals surface area (Å²) in [6.45, 7) is 6.19. The molecular weight excluding hydrogens is 502 g/mol. The molecule has 0 bridgehead atoms. The van der Waals surface area contributed by atoms with Crippen molar-refractivity contribution in [2.45, 2.75) is 33.1 Å². The summed E-state index contributed by atoms with van der Waals surface area (Å²) in [7, 11) is 0. The van der Waals surface area contributed by atoms with Crippen LogP contribution in [0.2, 0.25) is 0 Å². The average Bonchev–Trinajstić information content (AvgIpc) is 3.45. The first-order chi connectivity index (χ1) is 18.5. The zero-order valence-electron chi connectivity index (χ0n) is 21.8. The molecule has 10 heteroatoms. The van der Waals surface area contributed by atoms with Gasteiger partial charge in [-0.15, -0.1) is 0 Å². The molecule has 39 heavy (non-hydrogen) atoms. The molecule has 2 aliphatic rings. The number of aromatic nitrogens is 1. The van der Waals surface area contributed by atoms with E-state index in [0.717, 1.165) is 17.0 Å². The number of hydrogen-bond donors (Lipinski definition) is 5. The molecular formula is C29H27N3O7. The fraction of sp³-hybridized carbons (Fsp3) is 0.241. The van der Waals surface area contributed by atoms with Crippen LogP contribution >= 0.6 is 0 Å². The number of fused-ring (bicyclic) bond motifs is 4. The van der Waals surface area contributed by atoms with Crippen molar-refractivity contribution < 1.29 is 34.1 Å². The number of para-hydroxylation sites is 1. The summed E-state index contributed by atoms with van der Waals surface area (Å²) in [5, 5.41) is 28.1. The van der Waals surface area contributed by atoms with Gasteiger partial charge in [-0.25, -0.2) is 0 Å². The highest BCUT2D eigenvalue weighted by molar-refractivity contribution is 6.31. The Morgan fingerprint density at radius 2 is 1.74 bits per heavy atom. The van der Waals surface area contributed by atoms with Gasteiger partial charge in [-0.2, -0.15) is 0 Å². The molecule has 1 aliphatic carbocycles. The second-order valence-electron chi connectivity index (χ2n) is 9.84. The number of aromatic amines is 1. The van der Waals surface area contributed by atoms with Crippen molar-refractivity contribution in [3.8, 4) is 17.2 Å². The third-order valence-electron chi connectivity index (χ3n) is 7.34. The van der Waals surface area contributed by atoms with Gasteiger partial charge in [-0.3, -0.25) is 19.2 Å². The van der Waals surface area contributed by atoms with Crippen LogP contribution in [-0.4, -0.2) is 51.5 Å². The lowest BCUT2D eigenvalue weighted by Crippen LogP contribution is -2.41. The summed E-state index contributed by atoms with van der Waals surface area (Å²) in [6.07, 6.45) is 1.16. The first-order valence-electron chi connectivity index (χ1n) is 12.4. The van der Waals surface area contributed by atoms with Gasteiger partial charge in [0.15, 0.2) is 17.3 Å². The second kappa shape index (κ2) is 9.16. The van der Waals surface area contributed by atoms with Crippen LogP contribution in [0.15, 0.2) is 53.4 Å². The highest BCUT2D eigenvalue weighted by atomic mass is 16.5. The van der Waals surface area contributed by atoms with Crippen molar-refractivity contribution in [1.29, 1.82) is 0 Å². The van der Waals surface area contributed by atoms with Crippen molar-refractivity contribution in [2.24, 2.45) is 0 Å². The normalized spacial score (nSPS) is 19.2. The van der Waals surface area contributed by atoms with E-state index in [4.69, 9.17) is 4.74 Å². The van der Waals surface area contributed by atoms with Crippen LogP contribution in [-0.2, 0) is 15.0 Å². The van der Waals surface area contributed by atoms with E-state index < -0.39 is 28.5 Å². The van der Waals surface area contributed by atoms with E-state index in [2.05, 4.69) is 15.6 Å². The number of ether oxygens (including phenoxy) is 1. The van der Waals surface area contributed by atoms with Crippen LogP contribution < -0.4 is 15.4 Å². The number of phenols is 2. The number of rotatable bonds is 6. The van der Waals surface area contributed by atoms with Crippen molar-refractivity contribution in [3.05, 3.63) is 75.8 Å². The van der Waals surface area contributed by atoms with Gasteiger partial charge in [0.1, 0.15) is 39.7 Å². The number of amides is 1. The minimum absolute atomic E-state index is 0.0285. The highest BCUT2D eigenvalue weighted by Gasteiger charge is 2.56. The number of carbonyl (C=O) groups excluding carboxylic acids is 4. The van der Waals surface area contributed by atoms with Crippen LogP contribution in [0.1, 0.15) is 52.7 Å². The van der Waals surface area contributed by atoms with Gasteiger partial charge in [-0.1, -0.05) is 18.2 Å². The summed E-state index contributed by atoms with van der Waals surface area (Å²) in [5.41, 5.74) is -0.267. The fourth-order valence-corrected chi connectivity index (χ4v) is 5.17. The molecule has 0 saturated heterocycles. The largest absolute Gasteiger partial charge is 0.507 e. The predicted molar refractivity (Wildman–Crippen MR) is 142 cm³/mol. The maximum absolute atomic E-state index is 13.8. The maximum atomic E-state index is 13.8. The Hall–Kier alpha value is -4.86. The Morgan fingerprint density at radius 1 is 1.05 bits per heavy atom. The third kappa shape index (κ3) is 3.87. The lowest BCUT2D eigenvalue weighted by atomic mass is 9.70. The number of H-pyrrole nitrogens is 1. The summed E-state index contributed by atoms with van der Waals surface area (Å²) >= 11 is 0. The number of hydrogen-bond acceptors (Lipinski definition) is 8. The molecule has 1 atom stereocenters. The van der Waals surface area contributed by atoms with Crippen molar-refractivity contribution in [3.63, 3.8) is 0 Å². The summed E-state index contributed by atoms with van der Waals surface area (Å²) in [5.74, 6) is -3.02. The molecule has 1 aromatic heterocycles. The van der Waals surface area contributed by atoms with Crippen LogP contribution in [0.4, 0.5) is 0 Å². The Bertz CT molecular complexity index is 1640. The molecule has 2 aromatic carbocycles. The van der Waals surface area contributed by atoms with Crippen molar-refractivity contribution >= 4 is 34.2 Å². The summed E-state index contributed by atoms with van der Waals surface area (Å²) in [4.78, 5) is 54.7. The summed E-state index contributed by atoms with van der Waals surface area (Å²) < 4.78 is 5.77. The number of benzene rings is 2. The standard InChI is InChI=1S/C29H27N3O7/c1-13-24(35)22(15(3)33)26-23(25(13)36)29(4)20(39-26)12-19(34)21(27(29)37)14(2)30-9-10-31-28(38)18-11-16-7-5-6-8-17(16)32-18/h5-8,11-12,30,32,35-36H,9-10H2,1-4H3,(H,31,38)/t29-/m0/s1. The highest BCUT2D eigenvalue weighted by Crippen LogP contribution is 2.57. The number of ketones is 3. The van der Waals surface area contributed by atoms with Crippen LogP contribution in [0.25, 0.3) is 10.9 Å². The van der Waals surface area contributed by atoms with Crippen LogP contribution in [0.5, 0.6) is 17.2 Å². The van der Waals surface area contributed by atoms with E-state index >= 15 is 0 Å². The van der Waals surface area contributed by atoms with Gasteiger partial charge in [0.25, 0.3) is 5.91 Å². The molecule has 200 valence electrons. The Labute approximate surface area is 223 Å². The minimum Gasteiger partial charge on any atom is -0.507 e. The molecule has 0 saturated carbocycles. The lowest BCUT2D eigenvalue weighted by Gasteiger charge is -2.29. The Kier molecular flexibility index (Phi) is 6.05. The SMILES string of the molecule is CC(=O)c1c(O)c(C)c(O)c2c1OC1=CC(=O)C(=C(C)NCCNC(=O)c3cc4ccccc4[nH]3)C(=O)[C@@]12C. The van der Waals surface area contributed by atoms with Crippen molar-refractivity contribution in [2.75, 3.05) is 13.1 Å². The lowest BCUT2D eigenvalue weighted by molar-refractivity contribution is -0.123. The van der Waals surface area contributed by atoms with E-state index in [9.17, 15) is 29.4 Å². The quantitative estimate of drug-likeness (QED) is 0.141. The van der Waals surface area contributed by atoms with E-state index in [1.807, 2.05) is 24.3 Å². The Morgan fingerprint density at radius 3 is 2.44 bits per heavy atom. The van der Waals surface area contributed by atoms with Gasteiger partial charge in [-0.05, 0) is 39.8 Å². The molecule has 3 aromatic rings. The molecule has 2 heterocycles. The number of Topliss-reactive ketones (excluding diaryl/α,β-unsaturated/α-hetero) is 2. The zero-order valence-corrected chi connectivity index (χ0v) is 21.8. The van der Waals surface area contributed by atoms with Gasteiger partial charge in [0.05, 0.1) is 11.1 Å². The molecule has 0 fully saturated rings. The number of nitrogens with one attached hydrogen (secondary N) is 3. The smallest absolute Gasteiger partial charge is 0.267 e. The van der Waals surface area contributed by atoms with Gasteiger partial charge in [0.2, 0.25) is 0 Å². The monoisotopic (exact) mass is 529 g/mol. The van der Waals surface area contributed by atoms with Gasteiger partial charge in [0, 0.05) is 41.3 Å². The fourth-order valence-electron chi connectivity index (χ4n) is 5.17.